The van der Waals surface area contributed by atoms with Crippen LogP contribution in [0.4, 0.5) is 5.69 Å². The lowest BCUT2D eigenvalue weighted by molar-refractivity contribution is 0.0941. The largest absolute Gasteiger partial charge is 0.322 e. The van der Waals surface area contributed by atoms with Gasteiger partial charge < -0.3 is 5.32 Å². The van der Waals surface area contributed by atoms with E-state index in [9.17, 15) is 9.59 Å². The highest BCUT2D eigenvalue weighted by Crippen LogP contribution is 2.19. The number of nitrogens with one attached hydrogen (secondary N) is 1. The Morgan fingerprint density at radius 3 is 2.19 bits per heavy atom. The van der Waals surface area contributed by atoms with E-state index in [2.05, 4.69) is 17.3 Å². The Morgan fingerprint density at radius 1 is 0.844 bits per heavy atom. The number of hydrogen-bond donors (Lipinski definition) is 1. The van der Waals surface area contributed by atoms with E-state index >= 15 is 0 Å². The average Bonchev–Trinajstić information content (AvgIpc) is 3.10. The summed E-state index contributed by atoms with van der Waals surface area (Å²) in [5.41, 5.74) is 4.80. The standard InChI is InChI=1S/C27H33N3O2/c1-4-5-6-7-8-12-15-25-20(2)29-30(21(25)3)27(32)23-16-18-24(19-17-23)28-26(31)22-13-10-9-11-14-22/h9-11,13-14,16-19H,4-8,12,15H2,1-3H3,(H,28,31). The minimum atomic E-state index is -0.178. The van der Waals surface area contributed by atoms with E-state index in [1.807, 2.05) is 32.0 Å². The van der Waals surface area contributed by atoms with Crippen LogP contribution in [0.25, 0.3) is 0 Å². The predicted octanol–water partition coefficient (Wildman–Crippen LogP) is 6.34. The van der Waals surface area contributed by atoms with Crippen LogP contribution in [0.15, 0.2) is 54.6 Å². The molecule has 0 spiro atoms. The molecule has 0 saturated heterocycles. The van der Waals surface area contributed by atoms with E-state index < -0.39 is 0 Å². The molecule has 168 valence electrons. The molecule has 1 aromatic heterocycles. The van der Waals surface area contributed by atoms with Crippen LogP contribution < -0.4 is 5.32 Å². The number of rotatable bonds is 10. The molecule has 32 heavy (non-hydrogen) atoms. The summed E-state index contributed by atoms with van der Waals surface area (Å²) in [4.78, 5) is 25.4. The first-order valence-electron chi connectivity index (χ1n) is 11.6. The van der Waals surface area contributed by atoms with Crippen molar-refractivity contribution in [2.45, 2.75) is 65.7 Å². The van der Waals surface area contributed by atoms with Crippen LogP contribution in [-0.4, -0.2) is 21.6 Å². The fraction of sp³-hybridized carbons (Fsp3) is 0.370. The third-order valence-corrected chi connectivity index (χ3v) is 5.84. The minimum Gasteiger partial charge on any atom is -0.322 e. The van der Waals surface area contributed by atoms with E-state index in [-0.39, 0.29) is 11.8 Å². The third kappa shape index (κ3) is 5.94. The average molecular weight is 432 g/mol. The van der Waals surface area contributed by atoms with Gasteiger partial charge in [-0.05, 0) is 68.7 Å². The second-order valence-corrected chi connectivity index (χ2v) is 8.28. The molecule has 2 aromatic carbocycles. The summed E-state index contributed by atoms with van der Waals surface area (Å²) in [6.07, 6.45) is 8.43. The molecule has 0 bridgehead atoms. The lowest BCUT2D eigenvalue weighted by Gasteiger charge is -2.08. The third-order valence-electron chi connectivity index (χ3n) is 5.84. The maximum absolute atomic E-state index is 13.0. The molecule has 0 saturated carbocycles. The van der Waals surface area contributed by atoms with Crippen LogP contribution in [0.5, 0.6) is 0 Å². The van der Waals surface area contributed by atoms with Crippen LogP contribution in [0.1, 0.15) is 83.1 Å². The molecule has 5 nitrogen and oxygen atoms in total. The Balaban J connectivity index is 1.62. The summed E-state index contributed by atoms with van der Waals surface area (Å²) in [6, 6.07) is 16.0. The van der Waals surface area contributed by atoms with Crippen molar-refractivity contribution < 1.29 is 9.59 Å². The number of hydrogen-bond acceptors (Lipinski definition) is 3. The summed E-state index contributed by atoms with van der Waals surface area (Å²) >= 11 is 0. The summed E-state index contributed by atoms with van der Waals surface area (Å²) in [7, 11) is 0. The monoisotopic (exact) mass is 431 g/mol. The van der Waals surface area contributed by atoms with Gasteiger partial charge in [0.2, 0.25) is 0 Å². The molecule has 0 aliphatic carbocycles. The second-order valence-electron chi connectivity index (χ2n) is 8.28. The number of nitrogens with zero attached hydrogens (tertiary/aromatic N) is 2. The lowest BCUT2D eigenvalue weighted by Crippen LogP contribution is -2.16. The normalized spacial score (nSPS) is 10.8. The van der Waals surface area contributed by atoms with E-state index in [0.29, 0.717) is 16.8 Å². The maximum atomic E-state index is 13.0. The number of unbranched alkanes of at least 4 members (excludes halogenated alkanes) is 5. The van der Waals surface area contributed by atoms with Crippen molar-refractivity contribution in [2.24, 2.45) is 0 Å². The Morgan fingerprint density at radius 2 is 1.50 bits per heavy atom. The zero-order chi connectivity index (χ0) is 22.9. The van der Waals surface area contributed by atoms with Gasteiger partial charge in [0.15, 0.2) is 0 Å². The molecule has 0 aliphatic heterocycles. The van der Waals surface area contributed by atoms with E-state index in [1.165, 1.54) is 42.3 Å². The van der Waals surface area contributed by atoms with Crippen LogP contribution in [0.2, 0.25) is 0 Å². The molecular weight excluding hydrogens is 398 g/mol. The number of anilines is 1. The molecule has 5 heteroatoms. The predicted molar refractivity (Wildman–Crippen MR) is 129 cm³/mol. The number of aryl methyl sites for hydroxylation is 1. The fourth-order valence-corrected chi connectivity index (χ4v) is 3.93. The van der Waals surface area contributed by atoms with Gasteiger partial charge in [-0.15, -0.1) is 0 Å². The summed E-state index contributed by atoms with van der Waals surface area (Å²) in [6.45, 7) is 6.18. The van der Waals surface area contributed by atoms with Crippen LogP contribution in [0.3, 0.4) is 0 Å². The Kier molecular flexibility index (Phi) is 8.37. The molecule has 0 fully saturated rings. The van der Waals surface area contributed by atoms with Gasteiger partial charge in [-0.3, -0.25) is 9.59 Å². The highest BCUT2D eigenvalue weighted by molar-refractivity contribution is 6.04. The van der Waals surface area contributed by atoms with Gasteiger partial charge in [-0.1, -0.05) is 57.2 Å². The number of benzene rings is 2. The maximum Gasteiger partial charge on any atom is 0.278 e. The highest BCUT2D eigenvalue weighted by atomic mass is 16.2. The first-order chi connectivity index (χ1) is 15.5. The second kappa shape index (κ2) is 11.4. The smallest absolute Gasteiger partial charge is 0.278 e. The molecule has 0 aliphatic rings. The summed E-state index contributed by atoms with van der Waals surface area (Å²) < 4.78 is 1.51. The number of amides is 1. The van der Waals surface area contributed by atoms with Crippen LogP contribution in [-0.2, 0) is 6.42 Å². The van der Waals surface area contributed by atoms with Gasteiger partial charge in [0.05, 0.1) is 5.69 Å². The molecule has 0 unspecified atom stereocenters. The molecule has 0 atom stereocenters. The van der Waals surface area contributed by atoms with Crippen molar-refractivity contribution in [2.75, 3.05) is 5.32 Å². The van der Waals surface area contributed by atoms with Gasteiger partial charge in [-0.25, -0.2) is 4.68 Å². The van der Waals surface area contributed by atoms with E-state index in [1.54, 1.807) is 36.4 Å². The molecule has 3 aromatic rings. The summed E-state index contributed by atoms with van der Waals surface area (Å²) in [5, 5.41) is 7.38. The van der Waals surface area contributed by atoms with Crippen molar-refractivity contribution in [1.29, 1.82) is 0 Å². The minimum absolute atomic E-state index is 0.152. The van der Waals surface area contributed by atoms with Crippen molar-refractivity contribution in [3.05, 3.63) is 82.7 Å². The van der Waals surface area contributed by atoms with Gasteiger partial charge in [0.25, 0.3) is 11.8 Å². The summed E-state index contributed by atoms with van der Waals surface area (Å²) in [5.74, 6) is -0.330. The quantitative estimate of drug-likeness (QED) is 0.381. The molecule has 0 radical (unpaired) electrons. The Hall–Kier alpha value is -3.21. The molecule has 1 amide bonds. The van der Waals surface area contributed by atoms with Crippen molar-refractivity contribution in [3.63, 3.8) is 0 Å². The first kappa shape index (κ1) is 23.5. The number of carbonyl (C=O) groups excluding carboxylic acids is 2. The molecule has 1 heterocycles. The van der Waals surface area contributed by atoms with Gasteiger partial charge >= 0.3 is 0 Å². The highest BCUT2D eigenvalue weighted by Gasteiger charge is 2.18. The van der Waals surface area contributed by atoms with Crippen molar-refractivity contribution in [1.82, 2.24) is 9.78 Å². The molecular formula is C27H33N3O2. The molecule has 1 N–H and O–H groups in total. The number of aromatic nitrogens is 2. The van der Waals surface area contributed by atoms with Gasteiger partial charge in [0, 0.05) is 22.5 Å². The topological polar surface area (TPSA) is 64.0 Å². The van der Waals surface area contributed by atoms with Gasteiger partial charge in [0.1, 0.15) is 0 Å². The zero-order valence-electron chi connectivity index (χ0n) is 19.4. The van der Waals surface area contributed by atoms with Crippen LogP contribution in [0, 0.1) is 13.8 Å². The Bertz CT molecular complexity index is 1040. The van der Waals surface area contributed by atoms with Crippen LogP contribution >= 0.6 is 0 Å². The SMILES string of the molecule is CCCCCCCCc1c(C)nn(C(=O)c2ccc(NC(=O)c3ccccc3)cc2)c1C. The first-order valence-corrected chi connectivity index (χ1v) is 11.6. The van der Waals surface area contributed by atoms with Gasteiger partial charge in [-0.2, -0.15) is 5.10 Å². The van der Waals surface area contributed by atoms with E-state index in [4.69, 9.17) is 0 Å². The Labute approximate surface area is 190 Å². The van der Waals surface area contributed by atoms with Crippen molar-refractivity contribution >= 4 is 17.5 Å². The molecule has 3 rings (SSSR count). The number of carbonyl (C=O) groups is 2. The van der Waals surface area contributed by atoms with E-state index in [0.717, 1.165) is 24.2 Å². The fourth-order valence-electron chi connectivity index (χ4n) is 3.93. The lowest BCUT2D eigenvalue weighted by atomic mass is 10.0. The zero-order valence-corrected chi connectivity index (χ0v) is 19.4. The van der Waals surface area contributed by atoms with Crippen molar-refractivity contribution in [3.8, 4) is 0 Å².